The van der Waals surface area contributed by atoms with Crippen LogP contribution in [0.5, 0.6) is 17.2 Å². The summed E-state index contributed by atoms with van der Waals surface area (Å²) in [5, 5.41) is 0.230. The van der Waals surface area contributed by atoms with Crippen molar-refractivity contribution < 1.29 is 27.4 Å². The number of hydrogen-bond donors (Lipinski definition) is 1. The van der Waals surface area contributed by atoms with E-state index in [9.17, 15) is 13.2 Å². The highest BCUT2D eigenvalue weighted by molar-refractivity contribution is 7.93. The van der Waals surface area contributed by atoms with Crippen molar-refractivity contribution in [2.24, 2.45) is 5.73 Å². The lowest BCUT2D eigenvalue weighted by molar-refractivity contribution is 0.1000. The molecule has 3 rings (SSSR count). The molecule has 1 aliphatic rings. The zero-order valence-corrected chi connectivity index (χ0v) is 15.4. The molecule has 0 unspecified atom stereocenters. The first kappa shape index (κ1) is 18.2. The number of sulfonamides is 1. The van der Waals surface area contributed by atoms with Gasteiger partial charge in [-0.3, -0.25) is 4.79 Å². The van der Waals surface area contributed by atoms with Crippen molar-refractivity contribution in [3.63, 3.8) is 0 Å². The highest BCUT2D eigenvalue weighted by Crippen LogP contribution is 2.45. The molecule has 0 fully saturated rings. The van der Waals surface area contributed by atoms with Crippen LogP contribution in [0.1, 0.15) is 10.4 Å². The summed E-state index contributed by atoms with van der Waals surface area (Å²) in [5.41, 5.74) is 5.55. The highest BCUT2D eigenvalue weighted by Gasteiger charge is 2.37. The van der Waals surface area contributed by atoms with Gasteiger partial charge >= 0.3 is 0 Å². The van der Waals surface area contributed by atoms with Crippen LogP contribution in [0, 0.1) is 0 Å². The number of carbonyl (C=O) groups excluding carboxylic acids is 1. The molecular formula is C16H15ClN2O6S. The zero-order chi connectivity index (χ0) is 19.1. The number of hydrogen-bond acceptors (Lipinski definition) is 6. The number of methoxy groups -OCH3 is 2. The molecule has 0 bridgehead atoms. The van der Waals surface area contributed by atoms with Crippen LogP contribution in [-0.4, -0.2) is 35.3 Å². The number of primary amides is 1. The van der Waals surface area contributed by atoms with Crippen molar-refractivity contribution in [1.82, 2.24) is 0 Å². The van der Waals surface area contributed by atoms with E-state index >= 15 is 0 Å². The standard InChI is InChI=1S/C16H15ClN2O6S/c1-23-12-4-3-10(17)7-14(12)26(21,22)19-8-25-15-11(19)5-9(16(18)20)6-13(15)24-2/h3-7H,8H2,1-2H3,(H2,18,20). The van der Waals surface area contributed by atoms with Gasteiger partial charge in [0, 0.05) is 10.6 Å². The normalized spacial score (nSPS) is 13.1. The minimum atomic E-state index is -4.09. The molecule has 0 atom stereocenters. The van der Waals surface area contributed by atoms with E-state index in [0.717, 1.165) is 4.31 Å². The number of nitrogens with zero attached hydrogens (tertiary/aromatic N) is 1. The Morgan fingerprint density at radius 2 is 1.88 bits per heavy atom. The van der Waals surface area contributed by atoms with Crippen LogP contribution in [0.2, 0.25) is 5.02 Å². The number of halogens is 1. The van der Waals surface area contributed by atoms with Crippen LogP contribution >= 0.6 is 11.6 Å². The molecule has 1 aliphatic heterocycles. The second-order valence-electron chi connectivity index (χ2n) is 5.31. The average Bonchev–Trinajstić information content (AvgIpc) is 3.05. The van der Waals surface area contributed by atoms with Crippen molar-refractivity contribution in [2.75, 3.05) is 25.3 Å². The first-order valence-electron chi connectivity index (χ1n) is 7.30. The predicted molar refractivity (Wildman–Crippen MR) is 94.7 cm³/mol. The summed E-state index contributed by atoms with van der Waals surface area (Å²) in [4.78, 5) is 11.4. The molecule has 0 aliphatic carbocycles. The predicted octanol–water partition coefficient (Wildman–Crippen LogP) is 2.00. The molecule has 10 heteroatoms. The van der Waals surface area contributed by atoms with E-state index in [-0.39, 0.29) is 45.1 Å². The van der Waals surface area contributed by atoms with Crippen LogP contribution in [0.25, 0.3) is 0 Å². The molecule has 26 heavy (non-hydrogen) atoms. The Morgan fingerprint density at radius 1 is 1.19 bits per heavy atom. The number of fused-ring (bicyclic) bond motifs is 1. The van der Waals surface area contributed by atoms with Gasteiger partial charge in [0.1, 0.15) is 16.3 Å². The van der Waals surface area contributed by atoms with Gasteiger partial charge in [-0.2, -0.15) is 0 Å². The summed E-state index contributed by atoms with van der Waals surface area (Å²) in [5.74, 6) is -0.203. The third-order valence-electron chi connectivity index (χ3n) is 3.83. The zero-order valence-electron chi connectivity index (χ0n) is 13.9. The van der Waals surface area contributed by atoms with Gasteiger partial charge in [0.2, 0.25) is 5.91 Å². The molecule has 138 valence electrons. The van der Waals surface area contributed by atoms with E-state index in [4.69, 9.17) is 31.5 Å². The summed E-state index contributed by atoms with van der Waals surface area (Å²) >= 11 is 5.95. The van der Waals surface area contributed by atoms with E-state index < -0.39 is 15.9 Å². The van der Waals surface area contributed by atoms with E-state index in [1.807, 2.05) is 0 Å². The second kappa shape index (κ2) is 6.58. The van der Waals surface area contributed by atoms with Crippen LogP contribution in [0.15, 0.2) is 35.2 Å². The first-order valence-corrected chi connectivity index (χ1v) is 9.12. The second-order valence-corrected chi connectivity index (χ2v) is 7.58. The third-order valence-corrected chi connectivity index (χ3v) is 5.82. The van der Waals surface area contributed by atoms with Crippen molar-refractivity contribution in [1.29, 1.82) is 0 Å². The van der Waals surface area contributed by atoms with Gasteiger partial charge in [0.15, 0.2) is 18.2 Å². The third kappa shape index (κ3) is 2.89. The quantitative estimate of drug-likeness (QED) is 0.825. The molecule has 2 N–H and O–H groups in total. The Bertz CT molecular complexity index is 992. The van der Waals surface area contributed by atoms with Gasteiger partial charge in [-0.15, -0.1) is 0 Å². The summed E-state index contributed by atoms with van der Waals surface area (Å²) < 4.78 is 43.1. The molecule has 0 aromatic heterocycles. The molecule has 0 saturated heterocycles. The Kier molecular flexibility index (Phi) is 4.59. The summed E-state index contributed by atoms with van der Waals surface area (Å²) in [6.07, 6.45) is 0. The molecule has 0 radical (unpaired) electrons. The maximum absolute atomic E-state index is 13.2. The van der Waals surface area contributed by atoms with Gasteiger partial charge in [0.25, 0.3) is 10.0 Å². The maximum Gasteiger partial charge on any atom is 0.270 e. The lowest BCUT2D eigenvalue weighted by atomic mass is 10.1. The lowest BCUT2D eigenvalue weighted by Gasteiger charge is -2.19. The number of nitrogens with two attached hydrogens (primary N) is 1. The molecule has 0 saturated carbocycles. The number of carbonyl (C=O) groups is 1. The Morgan fingerprint density at radius 3 is 2.50 bits per heavy atom. The van der Waals surface area contributed by atoms with Gasteiger partial charge in [-0.05, 0) is 30.3 Å². The fraction of sp³-hybridized carbons (Fsp3) is 0.188. The Balaban J connectivity index is 2.18. The van der Waals surface area contributed by atoms with Crippen molar-refractivity contribution in [2.45, 2.75) is 4.90 Å². The largest absolute Gasteiger partial charge is 0.495 e. The van der Waals surface area contributed by atoms with Gasteiger partial charge < -0.3 is 19.9 Å². The smallest absolute Gasteiger partial charge is 0.270 e. The van der Waals surface area contributed by atoms with Gasteiger partial charge in [-0.1, -0.05) is 11.6 Å². The van der Waals surface area contributed by atoms with Crippen molar-refractivity contribution >= 4 is 33.2 Å². The number of ether oxygens (including phenoxy) is 3. The SMILES string of the molecule is COc1ccc(Cl)cc1S(=O)(=O)N1COc2c(OC)cc(C(N)=O)cc21. The Labute approximate surface area is 155 Å². The number of benzene rings is 2. The first-order chi connectivity index (χ1) is 12.3. The van der Waals surface area contributed by atoms with E-state index in [1.54, 1.807) is 0 Å². The molecule has 0 spiro atoms. The van der Waals surface area contributed by atoms with Crippen LogP contribution < -0.4 is 24.2 Å². The molecule has 2 aromatic rings. The lowest BCUT2D eigenvalue weighted by Crippen LogP contribution is -2.30. The number of amides is 1. The molecular weight excluding hydrogens is 384 g/mol. The van der Waals surface area contributed by atoms with Crippen molar-refractivity contribution in [3.8, 4) is 17.2 Å². The summed E-state index contributed by atoms with van der Waals surface area (Å²) in [6.45, 7) is -0.300. The van der Waals surface area contributed by atoms with Crippen molar-refractivity contribution in [3.05, 3.63) is 40.9 Å². The molecule has 2 aromatic carbocycles. The Hall–Kier alpha value is -2.65. The monoisotopic (exact) mass is 398 g/mol. The maximum atomic E-state index is 13.2. The fourth-order valence-corrected chi connectivity index (χ4v) is 4.32. The van der Waals surface area contributed by atoms with Gasteiger partial charge in [0.05, 0.1) is 14.2 Å². The molecule has 1 heterocycles. The summed E-state index contributed by atoms with van der Waals surface area (Å²) in [7, 11) is -1.37. The topological polar surface area (TPSA) is 108 Å². The molecule has 1 amide bonds. The minimum absolute atomic E-state index is 0.0874. The minimum Gasteiger partial charge on any atom is -0.495 e. The van der Waals surface area contributed by atoms with Gasteiger partial charge in [-0.25, -0.2) is 12.7 Å². The molecule has 8 nitrogen and oxygen atoms in total. The van der Waals surface area contributed by atoms with Crippen LogP contribution in [0.3, 0.4) is 0 Å². The van der Waals surface area contributed by atoms with E-state index in [0.29, 0.717) is 0 Å². The number of rotatable bonds is 5. The fourth-order valence-electron chi connectivity index (χ4n) is 2.57. The van der Waals surface area contributed by atoms with E-state index in [1.165, 1.54) is 44.6 Å². The highest BCUT2D eigenvalue weighted by atomic mass is 35.5. The van der Waals surface area contributed by atoms with E-state index in [2.05, 4.69) is 0 Å². The summed E-state index contributed by atoms with van der Waals surface area (Å²) in [6, 6.07) is 6.97. The van der Waals surface area contributed by atoms with Crippen LogP contribution in [-0.2, 0) is 10.0 Å². The number of anilines is 1. The average molecular weight is 399 g/mol. The van der Waals surface area contributed by atoms with Crippen LogP contribution in [0.4, 0.5) is 5.69 Å².